The minimum Gasteiger partial charge on any atom is -0.484 e. The highest BCUT2D eigenvalue weighted by atomic mass is 16.5. The number of carbonyl (C=O) groups excluding carboxylic acids is 1. The molecular weight excluding hydrogens is 404 g/mol. The molecule has 0 atom stereocenters. The Morgan fingerprint density at radius 3 is 2.62 bits per heavy atom. The first kappa shape index (κ1) is 22.1. The van der Waals surface area contributed by atoms with E-state index in [-0.39, 0.29) is 12.5 Å². The Bertz CT molecular complexity index is 1070. The van der Waals surface area contributed by atoms with Crippen LogP contribution in [0.5, 0.6) is 5.75 Å². The van der Waals surface area contributed by atoms with E-state index in [4.69, 9.17) is 9.72 Å². The molecule has 1 aliphatic rings. The monoisotopic (exact) mass is 436 g/mol. The molecule has 2 aromatic heterocycles. The van der Waals surface area contributed by atoms with Crippen molar-refractivity contribution in [2.75, 3.05) is 32.1 Å². The number of aromatic amines is 1. The van der Waals surface area contributed by atoms with Crippen LogP contribution in [0.4, 0.5) is 5.69 Å². The Morgan fingerprint density at radius 1 is 1.25 bits per heavy atom. The zero-order valence-electron chi connectivity index (χ0n) is 19.2. The molecule has 1 aromatic carbocycles. The SMILES string of the molecule is CNC(=O)COc1ccc(-c2nc3ncc(C)c(NC4CCN(C(C)C)CC4)c3[nH]2)cc1. The smallest absolute Gasteiger partial charge is 0.257 e. The fraction of sp³-hybridized carbons (Fsp3) is 0.458. The molecule has 32 heavy (non-hydrogen) atoms. The van der Waals surface area contributed by atoms with Crippen molar-refractivity contribution >= 4 is 22.8 Å². The second-order valence-electron chi connectivity index (χ2n) is 8.63. The third kappa shape index (κ3) is 4.85. The van der Waals surface area contributed by atoms with E-state index >= 15 is 0 Å². The van der Waals surface area contributed by atoms with Crippen LogP contribution in [0.3, 0.4) is 0 Å². The predicted octanol–water partition coefficient (Wildman–Crippen LogP) is 3.34. The maximum absolute atomic E-state index is 11.4. The molecule has 8 nitrogen and oxygen atoms in total. The summed E-state index contributed by atoms with van der Waals surface area (Å²) in [4.78, 5) is 26.6. The molecule has 4 rings (SSSR count). The van der Waals surface area contributed by atoms with Crippen molar-refractivity contribution in [1.82, 2.24) is 25.2 Å². The fourth-order valence-electron chi connectivity index (χ4n) is 4.07. The van der Waals surface area contributed by atoms with E-state index in [1.807, 2.05) is 30.5 Å². The summed E-state index contributed by atoms with van der Waals surface area (Å²) in [7, 11) is 1.59. The van der Waals surface area contributed by atoms with Crippen LogP contribution in [-0.4, -0.2) is 64.6 Å². The minimum atomic E-state index is -0.164. The number of ether oxygens (including phenoxy) is 1. The molecule has 1 saturated heterocycles. The van der Waals surface area contributed by atoms with E-state index < -0.39 is 0 Å². The number of likely N-dealkylation sites (N-methyl/N-ethyl adjacent to an activating group) is 1. The van der Waals surface area contributed by atoms with Crippen molar-refractivity contribution in [3.63, 3.8) is 0 Å². The molecule has 0 radical (unpaired) electrons. The Labute approximate surface area is 188 Å². The van der Waals surface area contributed by atoms with Gasteiger partial charge in [-0.15, -0.1) is 0 Å². The summed E-state index contributed by atoms with van der Waals surface area (Å²) in [5, 5.41) is 6.30. The number of nitrogens with zero attached hydrogens (tertiary/aromatic N) is 3. The van der Waals surface area contributed by atoms with Crippen LogP contribution in [0.2, 0.25) is 0 Å². The van der Waals surface area contributed by atoms with Gasteiger partial charge in [0.15, 0.2) is 12.3 Å². The van der Waals surface area contributed by atoms with E-state index in [0.717, 1.165) is 54.1 Å². The predicted molar refractivity (Wildman–Crippen MR) is 127 cm³/mol. The lowest BCUT2D eigenvalue weighted by Gasteiger charge is -2.35. The lowest BCUT2D eigenvalue weighted by atomic mass is 10.0. The molecule has 0 spiro atoms. The van der Waals surface area contributed by atoms with Gasteiger partial charge in [0.25, 0.3) is 5.91 Å². The first-order valence-corrected chi connectivity index (χ1v) is 11.2. The third-order valence-electron chi connectivity index (χ3n) is 6.09. The Hall–Kier alpha value is -3.13. The maximum atomic E-state index is 11.4. The van der Waals surface area contributed by atoms with Crippen LogP contribution in [-0.2, 0) is 4.79 Å². The summed E-state index contributed by atoms with van der Waals surface area (Å²) in [6.07, 6.45) is 4.13. The van der Waals surface area contributed by atoms with Crippen molar-refractivity contribution in [2.24, 2.45) is 0 Å². The molecule has 1 aliphatic heterocycles. The first-order valence-electron chi connectivity index (χ1n) is 11.2. The number of carbonyl (C=O) groups is 1. The Kier molecular flexibility index (Phi) is 6.60. The molecule has 8 heteroatoms. The van der Waals surface area contributed by atoms with Crippen molar-refractivity contribution < 1.29 is 9.53 Å². The molecule has 170 valence electrons. The number of imidazole rings is 1. The highest BCUT2D eigenvalue weighted by Gasteiger charge is 2.22. The zero-order chi connectivity index (χ0) is 22.7. The number of hydrogen-bond acceptors (Lipinski definition) is 6. The number of rotatable bonds is 7. The zero-order valence-corrected chi connectivity index (χ0v) is 19.2. The molecule has 3 N–H and O–H groups in total. The van der Waals surface area contributed by atoms with Crippen LogP contribution >= 0.6 is 0 Å². The number of benzene rings is 1. The van der Waals surface area contributed by atoms with Gasteiger partial charge in [0, 0.05) is 44.0 Å². The highest BCUT2D eigenvalue weighted by Crippen LogP contribution is 2.29. The molecule has 1 fully saturated rings. The average molecular weight is 437 g/mol. The van der Waals surface area contributed by atoms with E-state index in [2.05, 4.69) is 46.3 Å². The molecule has 0 unspecified atom stereocenters. The van der Waals surface area contributed by atoms with Crippen molar-refractivity contribution in [3.05, 3.63) is 36.0 Å². The fourth-order valence-corrected chi connectivity index (χ4v) is 4.07. The van der Waals surface area contributed by atoms with Crippen LogP contribution in [0, 0.1) is 6.92 Å². The number of nitrogens with one attached hydrogen (secondary N) is 3. The largest absolute Gasteiger partial charge is 0.484 e. The van der Waals surface area contributed by atoms with Crippen LogP contribution in [0.25, 0.3) is 22.6 Å². The van der Waals surface area contributed by atoms with Gasteiger partial charge in [-0.3, -0.25) is 4.79 Å². The molecule has 3 aromatic rings. The van der Waals surface area contributed by atoms with E-state index in [9.17, 15) is 4.79 Å². The Balaban J connectivity index is 1.51. The van der Waals surface area contributed by atoms with E-state index in [1.165, 1.54) is 0 Å². The standard InChI is InChI=1S/C24H32N6O2/c1-15(2)30-11-9-18(10-12-30)27-21-16(3)13-26-24-22(21)28-23(29-24)17-5-7-19(8-6-17)32-14-20(31)25-4/h5-8,13,15,18H,9-12,14H2,1-4H3,(H,25,31)(H2,26,27,28,29). The van der Waals surface area contributed by atoms with Crippen LogP contribution in [0.15, 0.2) is 30.5 Å². The number of pyridine rings is 1. The van der Waals surface area contributed by atoms with Crippen molar-refractivity contribution in [3.8, 4) is 17.1 Å². The maximum Gasteiger partial charge on any atom is 0.257 e. The molecule has 0 aliphatic carbocycles. The number of anilines is 1. The number of amides is 1. The number of piperidine rings is 1. The molecule has 1 amide bonds. The molecule has 0 bridgehead atoms. The number of aryl methyl sites for hydroxylation is 1. The van der Waals surface area contributed by atoms with Gasteiger partial charge in [-0.05, 0) is 63.4 Å². The second-order valence-corrected chi connectivity index (χ2v) is 8.63. The van der Waals surface area contributed by atoms with Crippen molar-refractivity contribution in [2.45, 2.75) is 45.7 Å². The average Bonchev–Trinajstić information content (AvgIpc) is 3.24. The summed E-state index contributed by atoms with van der Waals surface area (Å²) in [6.45, 7) is 8.83. The van der Waals surface area contributed by atoms with Crippen LogP contribution in [0.1, 0.15) is 32.3 Å². The van der Waals surface area contributed by atoms with Gasteiger partial charge in [-0.1, -0.05) is 0 Å². The summed E-state index contributed by atoms with van der Waals surface area (Å²) >= 11 is 0. The van der Waals surface area contributed by atoms with Gasteiger partial charge in [-0.25, -0.2) is 9.97 Å². The first-order chi connectivity index (χ1) is 15.4. The second kappa shape index (κ2) is 9.56. The number of H-pyrrole nitrogens is 1. The topological polar surface area (TPSA) is 95.2 Å². The molecular formula is C24H32N6O2. The lowest BCUT2D eigenvalue weighted by Crippen LogP contribution is -2.42. The Morgan fingerprint density at radius 2 is 1.97 bits per heavy atom. The molecule has 3 heterocycles. The van der Waals surface area contributed by atoms with Gasteiger partial charge in [0.1, 0.15) is 17.1 Å². The number of hydrogen-bond donors (Lipinski definition) is 3. The number of likely N-dealkylation sites (tertiary alicyclic amines) is 1. The van der Waals surface area contributed by atoms with E-state index in [0.29, 0.717) is 23.5 Å². The third-order valence-corrected chi connectivity index (χ3v) is 6.09. The molecule has 0 saturated carbocycles. The normalized spacial score (nSPS) is 15.3. The number of aromatic nitrogens is 3. The van der Waals surface area contributed by atoms with Gasteiger partial charge in [0.05, 0.1) is 5.69 Å². The van der Waals surface area contributed by atoms with Gasteiger partial charge in [-0.2, -0.15) is 0 Å². The van der Waals surface area contributed by atoms with Gasteiger partial charge in [0.2, 0.25) is 0 Å². The number of fused-ring (bicyclic) bond motifs is 1. The van der Waals surface area contributed by atoms with Gasteiger partial charge < -0.3 is 25.3 Å². The van der Waals surface area contributed by atoms with Crippen molar-refractivity contribution in [1.29, 1.82) is 0 Å². The highest BCUT2D eigenvalue weighted by molar-refractivity contribution is 5.89. The summed E-state index contributed by atoms with van der Waals surface area (Å²) in [5.74, 6) is 1.23. The summed E-state index contributed by atoms with van der Waals surface area (Å²) < 4.78 is 5.48. The lowest BCUT2D eigenvalue weighted by molar-refractivity contribution is -0.122. The summed E-state index contributed by atoms with van der Waals surface area (Å²) in [5.41, 5.74) is 4.77. The summed E-state index contributed by atoms with van der Waals surface area (Å²) in [6, 6.07) is 8.58. The van der Waals surface area contributed by atoms with Crippen LogP contribution < -0.4 is 15.4 Å². The quantitative estimate of drug-likeness (QED) is 0.526. The minimum absolute atomic E-state index is 0.00515. The van der Waals surface area contributed by atoms with E-state index in [1.54, 1.807) is 7.05 Å². The van der Waals surface area contributed by atoms with Gasteiger partial charge >= 0.3 is 0 Å².